The van der Waals surface area contributed by atoms with E-state index in [4.69, 9.17) is 4.74 Å². The summed E-state index contributed by atoms with van der Waals surface area (Å²) in [5.74, 6) is -1.43. The highest BCUT2D eigenvalue weighted by molar-refractivity contribution is 6.21. The molecule has 134 valence electrons. The second kappa shape index (κ2) is 9.08. The highest BCUT2D eigenvalue weighted by atomic mass is 16.5. The van der Waals surface area contributed by atoms with E-state index in [1.807, 2.05) is 0 Å². The Kier molecular flexibility index (Phi) is 6.82. The summed E-state index contributed by atoms with van der Waals surface area (Å²) in [6.07, 6.45) is 0.889. The zero-order chi connectivity index (χ0) is 18.2. The van der Waals surface area contributed by atoms with E-state index >= 15 is 0 Å². The Labute approximate surface area is 145 Å². The summed E-state index contributed by atoms with van der Waals surface area (Å²) in [5, 5.41) is 0. The second-order valence-corrected chi connectivity index (χ2v) is 5.59. The molecule has 0 N–H and O–H groups in total. The van der Waals surface area contributed by atoms with E-state index in [0.717, 1.165) is 0 Å². The lowest BCUT2D eigenvalue weighted by Crippen LogP contribution is -2.30. The van der Waals surface area contributed by atoms with Crippen LogP contribution in [0.15, 0.2) is 24.3 Å². The summed E-state index contributed by atoms with van der Waals surface area (Å²) in [6.45, 7) is 2.40. The van der Waals surface area contributed by atoms with E-state index in [1.54, 1.807) is 31.2 Å². The quantitative estimate of drug-likeness (QED) is 0.276. The van der Waals surface area contributed by atoms with Crippen LogP contribution >= 0.6 is 0 Å². The molecule has 25 heavy (non-hydrogen) atoms. The van der Waals surface area contributed by atoms with Crippen LogP contribution in [-0.4, -0.2) is 54.8 Å². The molecule has 1 heterocycles. The van der Waals surface area contributed by atoms with E-state index in [9.17, 15) is 19.2 Å². The van der Waals surface area contributed by atoms with Crippen molar-refractivity contribution >= 4 is 23.6 Å². The zero-order valence-corrected chi connectivity index (χ0v) is 14.2. The van der Waals surface area contributed by atoms with Gasteiger partial charge in [0.15, 0.2) is 5.78 Å². The molecule has 2 rings (SSSR count). The maximum Gasteiger partial charge on any atom is 0.313 e. The molecular weight excluding hydrogens is 326 g/mol. The molecule has 0 radical (unpaired) electrons. The number of ether oxygens (including phenoxy) is 2. The number of imide groups is 1. The zero-order valence-electron chi connectivity index (χ0n) is 14.2. The number of fused-ring (bicyclic) bond motifs is 1. The lowest BCUT2D eigenvalue weighted by atomic mass is 10.1. The van der Waals surface area contributed by atoms with Gasteiger partial charge in [0.05, 0.1) is 17.7 Å². The number of esters is 1. The van der Waals surface area contributed by atoms with Crippen LogP contribution in [0.1, 0.15) is 46.9 Å². The fourth-order valence-corrected chi connectivity index (χ4v) is 2.53. The van der Waals surface area contributed by atoms with E-state index in [0.29, 0.717) is 37.1 Å². The first-order valence-electron chi connectivity index (χ1n) is 8.25. The molecule has 0 aliphatic carbocycles. The van der Waals surface area contributed by atoms with Crippen LogP contribution in [-0.2, 0) is 19.1 Å². The molecule has 0 unspecified atom stereocenters. The van der Waals surface area contributed by atoms with Gasteiger partial charge in [-0.2, -0.15) is 0 Å². The predicted octanol–water partition coefficient (Wildman–Crippen LogP) is 1.60. The first-order valence-corrected chi connectivity index (χ1v) is 8.25. The van der Waals surface area contributed by atoms with E-state index < -0.39 is 5.97 Å². The number of benzene rings is 1. The van der Waals surface area contributed by atoms with Crippen molar-refractivity contribution in [1.29, 1.82) is 0 Å². The molecule has 1 aliphatic heterocycles. The van der Waals surface area contributed by atoms with Gasteiger partial charge in [-0.3, -0.25) is 24.1 Å². The van der Waals surface area contributed by atoms with Crippen LogP contribution < -0.4 is 0 Å². The average Bonchev–Trinajstić information content (AvgIpc) is 2.83. The number of unbranched alkanes of at least 4 members (excludes halogenated alkanes) is 1. The second-order valence-electron chi connectivity index (χ2n) is 5.59. The molecule has 1 aromatic carbocycles. The summed E-state index contributed by atoms with van der Waals surface area (Å²) in [5.41, 5.74) is 0.877. The Hall–Kier alpha value is -2.54. The first-order chi connectivity index (χ1) is 12.0. The van der Waals surface area contributed by atoms with Crippen LogP contribution in [0.25, 0.3) is 0 Å². The number of amides is 2. The third-order valence-corrected chi connectivity index (χ3v) is 3.71. The lowest BCUT2D eigenvalue weighted by Gasteiger charge is -2.13. The lowest BCUT2D eigenvalue weighted by molar-refractivity contribution is -0.146. The van der Waals surface area contributed by atoms with Gasteiger partial charge in [0.25, 0.3) is 11.8 Å². The molecule has 2 amide bonds. The van der Waals surface area contributed by atoms with Gasteiger partial charge in [0.1, 0.15) is 13.0 Å². The molecule has 0 saturated carbocycles. The van der Waals surface area contributed by atoms with Crippen molar-refractivity contribution in [3.05, 3.63) is 35.4 Å². The molecule has 0 saturated heterocycles. The van der Waals surface area contributed by atoms with Crippen molar-refractivity contribution in [3.63, 3.8) is 0 Å². The average molecular weight is 347 g/mol. The summed E-state index contributed by atoms with van der Waals surface area (Å²) in [4.78, 5) is 48.1. The number of nitrogens with zero attached hydrogens (tertiary/aromatic N) is 1. The summed E-state index contributed by atoms with van der Waals surface area (Å²) < 4.78 is 9.89. The molecule has 0 fully saturated rings. The van der Waals surface area contributed by atoms with Crippen molar-refractivity contribution in [3.8, 4) is 0 Å². The van der Waals surface area contributed by atoms with Gasteiger partial charge in [-0.1, -0.05) is 12.1 Å². The van der Waals surface area contributed by atoms with Gasteiger partial charge in [0.2, 0.25) is 0 Å². The predicted molar refractivity (Wildman–Crippen MR) is 88.1 cm³/mol. The molecule has 1 aromatic rings. The fraction of sp³-hybridized carbons (Fsp3) is 0.444. The molecule has 1 aliphatic rings. The highest BCUT2D eigenvalue weighted by Gasteiger charge is 2.34. The Morgan fingerprint density at radius 3 is 2.28 bits per heavy atom. The molecule has 7 nitrogen and oxygen atoms in total. The Morgan fingerprint density at radius 2 is 1.68 bits per heavy atom. The maximum atomic E-state index is 12.2. The Morgan fingerprint density at radius 1 is 1.04 bits per heavy atom. The number of rotatable bonds is 10. The van der Waals surface area contributed by atoms with Crippen molar-refractivity contribution < 1.29 is 28.7 Å². The SMILES string of the molecule is CCOC(=O)CC(=O)COCCCCN1C(=O)c2ccccc2C1=O. The first kappa shape index (κ1) is 18.8. The molecule has 0 spiro atoms. The van der Waals surface area contributed by atoms with Crippen molar-refractivity contribution in [1.82, 2.24) is 4.90 Å². The van der Waals surface area contributed by atoms with Crippen molar-refractivity contribution in [2.24, 2.45) is 0 Å². The van der Waals surface area contributed by atoms with Gasteiger partial charge < -0.3 is 9.47 Å². The molecular formula is C18H21NO6. The molecule has 0 aromatic heterocycles. The van der Waals surface area contributed by atoms with E-state index in [-0.39, 0.29) is 37.2 Å². The summed E-state index contributed by atoms with van der Waals surface area (Å²) in [7, 11) is 0. The van der Waals surface area contributed by atoms with Crippen molar-refractivity contribution in [2.45, 2.75) is 26.2 Å². The minimum Gasteiger partial charge on any atom is -0.466 e. The number of hydrogen-bond acceptors (Lipinski definition) is 6. The van der Waals surface area contributed by atoms with Gasteiger partial charge >= 0.3 is 5.97 Å². The standard InChI is InChI=1S/C18H21NO6/c1-2-25-16(21)11-13(20)12-24-10-6-5-9-19-17(22)14-7-3-4-8-15(14)18(19)23/h3-4,7-8H,2,5-6,9-12H2,1H3. The number of Topliss-reactive ketones (excluding diaryl/α,β-unsaturated/α-hetero) is 1. The minimum atomic E-state index is -0.554. The van der Waals surface area contributed by atoms with Gasteiger partial charge in [-0.05, 0) is 31.9 Å². The third kappa shape index (κ3) is 4.96. The Balaban J connectivity index is 1.63. The smallest absolute Gasteiger partial charge is 0.313 e. The Bertz CT molecular complexity index is 634. The number of carbonyl (C=O) groups is 4. The molecule has 0 atom stereocenters. The van der Waals surface area contributed by atoms with Crippen LogP contribution in [0.5, 0.6) is 0 Å². The number of ketones is 1. The highest BCUT2D eigenvalue weighted by Crippen LogP contribution is 2.22. The van der Waals surface area contributed by atoms with Gasteiger partial charge in [-0.25, -0.2) is 0 Å². The molecule has 7 heteroatoms. The van der Waals surface area contributed by atoms with Gasteiger partial charge in [-0.15, -0.1) is 0 Å². The molecule has 0 bridgehead atoms. The monoisotopic (exact) mass is 347 g/mol. The maximum absolute atomic E-state index is 12.2. The van der Waals surface area contributed by atoms with Crippen LogP contribution in [0, 0.1) is 0 Å². The number of hydrogen-bond donors (Lipinski definition) is 0. The van der Waals surface area contributed by atoms with Crippen molar-refractivity contribution in [2.75, 3.05) is 26.4 Å². The normalized spacial score (nSPS) is 13.1. The van der Waals surface area contributed by atoms with E-state index in [1.165, 1.54) is 4.90 Å². The summed E-state index contributed by atoms with van der Waals surface area (Å²) in [6, 6.07) is 6.75. The van der Waals surface area contributed by atoms with Crippen LogP contribution in [0.2, 0.25) is 0 Å². The minimum absolute atomic E-state index is 0.147. The topological polar surface area (TPSA) is 90.0 Å². The number of carbonyl (C=O) groups excluding carboxylic acids is 4. The largest absolute Gasteiger partial charge is 0.466 e. The summed E-state index contributed by atoms with van der Waals surface area (Å²) >= 11 is 0. The van der Waals surface area contributed by atoms with E-state index in [2.05, 4.69) is 4.74 Å². The fourth-order valence-electron chi connectivity index (χ4n) is 2.53. The third-order valence-electron chi connectivity index (χ3n) is 3.71. The van der Waals surface area contributed by atoms with Crippen LogP contribution in [0.4, 0.5) is 0 Å². The van der Waals surface area contributed by atoms with Crippen LogP contribution in [0.3, 0.4) is 0 Å². The van der Waals surface area contributed by atoms with Gasteiger partial charge in [0, 0.05) is 13.2 Å².